The molecule has 1 fully saturated rings. The fraction of sp³-hybridized carbons (Fsp3) is 0.529. The highest BCUT2D eigenvalue weighted by atomic mass is 16.2. The lowest BCUT2D eigenvalue weighted by Gasteiger charge is -2.36. The van der Waals surface area contributed by atoms with Crippen molar-refractivity contribution in [2.24, 2.45) is 5.92 Å². The van der Waals surface area contributed by atoms with E-state index in [1.807, 2.05) is 23.1 Å². The Bertz CT molecular complexity index is 523. The molecule has 1 saturated carbocycles. The normalized spacial score (nSPS) is 18.7. The second-order valence-corrected chi connectivity index (χ2v) is 5.98. The molecule has 0 radical (unpaired) electrons. The van der Waals surface area contributed by atoms with Gasteiger partial charge in [0.2, 0.25) is 5.91 Å². The van der Waals surface area contributed by atoms with Crippen LogP contribution in [0.25, 0.3) is 0 Å². The van der Waals surface area contributed by atoms with Gasteiger partial charge in [-0.05, 0) is 30.9 Å². The first kappa shape index (κ1) is 14.1. The van der Waals surface area contributed by atoms with Gasteiger partial charge in [-0.2, -0.15) is 0 Å². The highest BCUT2D eigenvalue weighted by molar-refractivity contribution is 5.97. The first-order valence-electron chi connectivity index (χ1n) is 7.91. The zero-order valence-corrected chi connectivity index (χ0v) is 12.5. The average molecular weight is 285 g/mol. The Hall–Kier alpha value is -1.84. The topological polar surface area (TPSA) is 36.4 Å². The van der Waals surface area contributed by atoms with Gasteiger partial charge in [0.25, 0.3) is 0 Å². The Morgan fingerprint density at radius 3 is 2.95 bits per heavy atom. The largest absolute Gasteiger partial charge is 0.349 e. The van der Waals surface area contributed by atoms with Gasteiger partial charge in [0.1, 0.15) is 0 Å². The summed E-state index contributed by atoms with van der Waals surface area (Å²) in [5.41, 5.74) is 0.952. The standard InChI is InChI=1S/C17H23N3O/c1-2-10-19-11-12-20(15-8-5-9-18-17(15)19)16(21)13-14-6-3-4-7-14/h2,5,8-9,14H,1,3-4,6-7,10-13H2. The maximum atomic E-state index is 12.6. The van der Waals surface area contributed by atoms with Crippen molar-refractivity contribution in [1.29, 1.82) is 0 Å². The number of hydrogen-bond donors (Lipinski definition) is 0. The average Bonchev–Trinajstić information content (AvgIpc) is 3.00. The minimum atomic E-state index is 0.259. The van der Waals surface area contributed by atoms with Gasteiger partial charge in [-0.25, -0.2) is 4.98 Å². The van der Waals surface area contributed by atoms with Crippen molar-refractivity contribution >= 4 is 17.4 Å². The second kappa shape index (κ2) is 6.29. The third kappa shape index (κ3) is 2.94. The SMILES string of the molecule is C=CCN1CCN(C(=O)CC2CCCC2)c2cccnc21. The number of anilines is 2. The summed E-state index contributed by atoms with van der Waals surface area (Å²) in [6, 6.07) is 3.91. The first-order chi connectivity index (χ1) is 10.3. The molecule has 0 unspecified atom stereocenters. The van der Waals surface area contributed by atoms with E-state index < -0.39 is 0 Å². The molecule has 4 nitrogen and oxygen atoms in total. The van der Waals surface area contributed by atoms with Gasteiger partial charge in [0.15, 0.2) is 5.82 Å². The maximum Gasteiger partial charge on any atom is 0.227 e. The molecule has 1 aromatic heterocycles. The summed E-state index contributed by atoms with van der Waals surface area (Å²) < 4.78 is 0. The molecule has 0 aromatic carbocycles. The number of carbonyl (C=O) groups excluding carboxylic acids is 1. The number of aromatic nitrogens is 1. The molecule has 1 aromatic rings. The molecule has 112 valence electrons. The molecule has 21 heavy (non-hydrogen) atoms. The van der Waals surface area contributed by atoms with E-state index in [0.29, 0.717) is 12.3 Å². The van der Waals surface area contributed by atoms with Crippen LogP contribution in [0.1, 0.15) is 32.1 Å². The zero-order chi connectivity index (χ0) is 14.7. The Morgan fingerprint density at radius 1 is 1.38 bits per heavy atom. The zero-order valence-electron chi connectivity index (χ0n) is 12.5. The fourth-order valence-corrected chi connectivity index (χ4v) is 3.45. The molecule has 4 heteroatoms. The molecule has 2 aliphatic rings. The Kier molecular flexibility index (Phi) is 4.23. The second-order valence-electron chi connectivity index (χ2n) is 5.98. The molecule has 0 atom stereocenters. The molecular weight excluding hydrogens is 262 g/mol. The van der Waals surface area contributed by atoms with Crippen LogP contribution in [-0.2, 0) is 4.79 Å². The van der Waals surface area contributed by atoms with Crippen LogP contribution in [0.3, 0.4) is 0 Å². The van der Waals surface area contributed by atoms with Gasteiger partial charge in [-0.1, -0.05) is 18.9 Å². The quantitative estimate of drug-likeness (QED) is 0.798. The van der Waals surface area contributed by atoms with Crippen LogP contribution in [0.4, 0.5) is 11.5 Å². The number of rotatable bonds is 4. The molecule has 2 heterocycles. The number of nitrogens with zero attached hydrogens (tertiary/aromatic N) is 3. The lowest BCUT2D eigenvalue weighted by molar-refractivity contribution is -0.119. The van der Waals surface area contributed by atoms with E-state index in [2.05, 4.69) is 16.5 Å². The smallest absolute Gasteiger partial charge is 0.227 e. The molecular formula is C17H23N3O. The van der Waals surface area contributed by atoms with Gasteiger partial charge >= 0.3 is 0 Å². The summed E-state index contributed by atoms with van der Waals surface area (Å²) in [4.78, 5) is 21.2. The lowest BCUT2D eigenvalue weighted by Crippen LogP contribution is -2.45. The first-order valence-corrected chi connectivity index (χ1v) is 7.91. The van der Waals surface area contributed by atoms with E-state index in [1.54, 1.807) is 6.20 Å². The summed E-state index contributed by atoms with van der Waals surface area (Å²) in [7, 11) is 0. The molecule has 1 aliphatic carbocycles. The van der Waals surface area contributed by atoms with Crippen LogP contribution in [0, 0.1) is 5.92 Å². The summed E-state index contributed by atoms with van der Waals surface area (Å²) in [5.74, 6) is 1.75. The Labute approximate surface area is 126 Å². The molecule has 0 spiro atoms. The number of amides is 1. The van der Waals surface area contributed by atoms with Crippen molar-refractivity contribution in [2.75, 3.05) is 29.4 Å². The van der Waals surface area contributed by atoms with Gasteiger partial charge in [-0.3, -0.25) is 4.79 Å². The van der Waals surface area contributed by atoms with Crippen LogP contribution in [0.2, 0.25) is 0 Å². The Morgan fingerprint density at radius 2 is 2.19 bits per heavy atom. The van der Waals surface area contributed by atoms with Crippen molar-refractivity contribution in [2.45, 2.75) is 32.1 Å². The number of fused-ring (bicyclic) bond motifs is 1. The minimum absolute atomic E-state index is 0.259. The van der Waals surface area contributed by atoms with Crippen LogP contribution in [0.15, 0.2) is 31.0 Å². The molecule has 3 rings (SSSR count). The summed E-state index contributed by atoms with van der Waals surface area (Å²) in [6.07, 6.45) is 9.35. The van der Waals surface area contributed by atoms with Gasteiger partial charge in [-0.15, -0.1) is 6.58 Å². The predicted octanol–water partition coefficient (Wildman–Crippen LogP) is 3.00. The molecule has 0 N–H and O–H groups in total. The van der Waals surface area contributed by atoms with Crippen molar-refractivity contribution in [1.82, 2.24) is 4.98 Å². The van der Waals surface area contributed by atoms with E-state index in [0.717, 1.165) is 31.1 Å². The lowest BCUT2D eigenvalue weighted by atomic mass is 10.0. The van der Waals surface area contributed by atoms with Crippen LogP contribution < -0.4 is 9.80 Å². The van der Waals surface area contributed by atoms with E-state index in [1.165, 1.54) is 25.7 Å². The molecule has 0 saturated heterocycles. The Balaban J connectivity index is 1.78. The van der Waals surface area contributed by atoms with Crippen molar-refractivity contribution in [3.63, 3.8) is 0 Å². The molecule has 1 amide bonds. The predicted molar refractivity (Wildman–Crippen MR) is 85.6 cm³/mol. The number of hydrogen-bond acceptors (Lipinski definition) is 3. The number of pyridine rings is 1. The van der Waals surface area contributed by atoms with Crippen molar-refractivity contribution in [3.05, 3.63) is 31.0 Å². The highest BCUT2D eigenvalue weighted by Gasteiger charge is 2.29. The summed E-state index contributed by atoms with van der Waals surface area (Å²) in [6.45, 7) is 6.15. The van der Waals surface area contributed by atoms with E-state index in [-0.39, 0.29) is 5.91 Å². The maximum absolute atomic E-state index is 12.6. The van der Waals surface area contributed by atoms with Gasteiger partial charge in [0.05, 0.1) is 5.69 Å². The highest BCUT2D eigenvalue weighted by Crippen LogP contribution is 2.33. The monoisotopic (exact) mass is 285 g/mol. The molecule has 0 bridgehead atoms. The summed E-state index contributed by atoms with van der Waals surface area (Å²) >= 11 is 0. The van der Waals surface area contributed by atoms with E-state index in [9.17, 15) is 4.79 Å². The summed E-state index contributed by atoms with van der Waals surface area (Å²) in [5, 5.41) is 0. The van der Waals surface area contributed by atoms with Crippen LogP contribution >= 0.6 is 0 Å². The van der Waals surface area contributed by atoms with E-state index >= 15 is 0 Å². The number of carbonyl (C=O) groups is 1. The van der Waals surface area contributed by atoms with Crippen LogP contribution in [-0.4, -0.2) is 30.5 Å². The third-order valence-electron chi connectivity index (χ3n) is 4.54. The third-order valence-corrected chi connectivity index (χ3v) is 4.54. The van der Waals surface area contributed by atoms with Crippen LogP contribution in [0.5, 0.6) is 0 Å². The van der Waals surface area contributed by atoms with Crippen molar-refractivity contribution in [3.8, 4) is 0 Å². The minimum Gasteiger partial charge on any atom is -0.349 e. The van der Waals surface area contributed by atoms with Gasteiger partial charge < -0.3 is 9.80 Å². The van der Waals surface area contributed by atoms with E-state index in [4.69, 9.17) is 0 Å². The van der Waals surface area contributed by atoms with Gasteiger partial charge in [0, 0.05) is 32.3 Å². The van der Waals surface area contributed by atoms with Crippen molar-refractivity contribution < 1.29 is 4.79 Å². The molecule has 1 aliphatic heterocycles. The fourth-order valence-electron chi connectivity index (χ4n) is 3.45.